The second-order valence-electron chi connectivity index (χ2n) is 10.9. The van der Waals surface area contributed by atoms with Crippen LogP contribution in [0.25, 0.3) is 43.8 Å². The minimum atomic E-state index is 0.0486. The fourth-order valence-corrected chi connectivity index (χ4v) is 6.43. The molecule has 0 fully saturated rings. The van der Waals surface area contributed by atoms with E-state index in [1.165, 1.54) is 60.5 Å². The summed E-state index contributed by atoms with van der Waals surface area (Å²) >= 11 is 0. The molecule has 0 aromatic heterocycles. The van der Waals surface area contributed by atoms with E-state index in [2.05, 4.69) is 133 Å². The van der Waals surface area contributed by atoms with Gasteiger partial charge in [0.2, 0.25) is 0 Å². The molecule has 2 heteroatoms. The summed E-state index contributed by atoms with van der Waals surface area (Å²) in [5, 5.41) is 4.91. The molecule has 7 aromatic rings. The van der Waals surface area contributed by atoms with Crippen LogP contribution in [0, 0.1) is 0 Å². The first kappa shape index (κ1) is 24.5. The van der Waals surface area contributed by atoms with Gasteiger partial charge in [-0.3, -0.25) is 0 Å². The third-order valence-electron chi connectivity index (χ3n) is 8.54. The van der Waals surface area contributed by atoms with Gasteiger partial charge in [0.15, 0.2) is 0 Å². The average Bonchev–Trinajstić information content (AvgIpc) is 3.07. The van der Waals surface area contributed by atoms with Gasteiger partial charge in [0.05, 0.1) is 7.11 Å². The van der Waals surface area contributed by atoms with Crippen molar-refractivity contribution in [1.82, 2.24) is 0 Å². The maximum absolute atomic E-state index is 6.59. The van der Waals surface area contributed by atoms with Gasteiger partial charge in [-0.25, -0.2) is 0 Å². The molecule has 0 saturated heterocycles. The number of benzene rings is 7. The molecule has 1 aliphatic heterocycles. The molecule has 1 heterocycles. The van der Waals surface area contributed by atoms with Gasteiger partial charge in [-0.15, -0.1) is 0 Å². The van der Waals surface area contributed by atoms with E-state index < -0.39 is 0 Å². The molecular weight excluding hydrogens is 512 g/mol. The molecule has 8 rings (SSSR count). The van der Waals surface area contributed by atoms with E-state index >= 15 is 0 Å². The smallest absolute Gasteiger partial charge is 0.132 e. The number of rotatable bonds is 4. The highest BCUT2D eigenvalue weighted by Gasteiger charge is 2.32. The summed E-state index contributed by atoms with van der Waals surface area (Å²) in [6.45, 7) is 0. The lowest BCUT2D eigenvalue weighted by Crippen LogP contribution is -2.13. The molecule has 1 aliphatic rings. The minimum absolute atomic E-state index is 0.0486. The Kier molecular flexibility index (Phi) is 5.79. The van der Waals surface area contributed by atoms with Gasteiger partial charge in [0, 0.05) is 17.0 Å². The van der Waals surface area contributed by atoms with E-state index in [4.69, 9.17) is 9.47 Å². The molecule has 0 atom stereocenters. The third kappa shape index (κ3) is 4.03. The molecule has 7 aromatic carbocycles. The summed E-state index contributed by atoms with van der Waals surface area (Å²) in [7, 11) is 1.69. The van der Waals surface area contributed by atoms with Gasteiger partial charge in [0.25, 0.3) is 0 Å². The van der Waals surface area contributed by atoms with Crippen LogP contribution in [0.5, 0.6) is 17.2 Å². The van der Waals surface area contributed by atoms with Crippen molar-refractivity contribution in [2.24, 2.45) is 0 Å². The van der Waals surface area contributed by atoms with Crippen LogP contribution < -0.4 is 9.47 Å². The first-order valence-electron chi connectivity index (χ1n) is 14.3. The predicted molar refractivity (Wildman–Crippen MR) is 173 cm³/mol. The van der Waals surface area contributed by atoms with Crippen molar-refractivity contribution >= 4 is 21.5 Å². The van der Waals surface area contributed by atoms with Crippen LogP contribution in [0.1, 0.15) is 22.6 Å². The van der Waals surface area contributed by atoms with Gasteiger partial charge in [-0.2, -0.15) is 0 Å². The van der Waals surface area contributed by atoms with Crippen LogP contribution in [0.2, 0.25) is 0 Å². The zero-order valence-corrected chi connectivity index (χ0v) is 23.3. The first-order chi connectivity index (χ1) is 20.8. The quantitative estimate of drug-likeness (QED) is 0.221. The van der Waals surface area contributed by atoms with Crippen LogP contribution in [0.4, 0.5) is 0 Å². The van der Waals surface area contributed by atoms with E-state index in [-0.39, 0.29) is 5.92 Å². The third-order valence-corrected chi connectivity index (χ3v) is 8.54. The standard InChI is InChI=1S/C40H28O2/c1-41-33-22-18-29(19-23-33)27-12-10-26(11-13-27)28-14-16-32(17-15-28)38-39-34-8-4-2-6-30(34)20-24-36(39)42-37-25-21-31-7-3-5-9-35(31)40(37)38/h2-25,38H,1H3. The highest BCUT2D eigenvalue weighted by Crippen LogP contribution is 2.52. The second kappa shape index (κ2) is 9.94. The number of methoxy groups -OCH3 is 1. The molecule has 2 nitrogen and oxygen atoms in total. The predicted octanol–water partition coefficient (Wildman–Crippen LogP) is 10.6. The monoisotopic (exact) mass is 540 g/mol. The van der Waals surface area contributed by atoms with Crippen molar-refractivity contribution in [2.75, 3.05) is 7.11 Å². The summed E-state index contributed by atoms with van der Waals surface area (Å²) in [5.74, 6) is 2.78. The van der Waals surface area contributed by atoms with Crippen LogP contribution in [-0.4, -0.2) is 7.11 Å². The first-order valence-corrected chi connectivity index (χ1v) is 14.3. The largest absolute Gasteiger partial charge is 0.497 e. The lowest BCUT2D eigenvalue weighted by molar-refractivity contribution is 0.415. The Hall–Kier alpha value is -5.34. The molecule has 200 valence electrons. The molecule has 0 bridgehead atoms. The normalized spacial score (nSPS) is 12.5. The summed E-state index contributed by atoms with van der Waals surface area (Å²) in [4.78, 5) is 0. The van der Waals surface area contributed by atoms with Gasteiger partial charge in [-0.05, 0) is 73.6 Å². The maximum atomic E-state index is 6.59. The molecule has 0 amide bonds. The minimum Gasteiger partial charge on any atom is -0.497 e. The van der Waals surface area contributed by atoms with E-state index in [9.17, 15) is 0 Å². The van der Waals surface area contributed by atoms with Crippen LogP contribution >= 0.6 is 0 Å². The second-order valence-corrected chi connectivity index (χ2v) is 10.9. The van der Waals surface area contributed by atoms with E-state index in [0.29, 0.717) is 0 Å². The van der Waals surface area contributed by atoms with Crippen molar-refractivity contribution in [3.05, 3.63) is 162 Å². The highest BCUT2D eigenvalue weighted by molar-refractivity contribution is 5.95. The molecular formula is C40H28O2. The van der Waals surface area contributed by atoms with E-state index in [0.717, 1.165) is 17.2 Å². The summed E-state index contributed by atoms with van der Waals surface area (Å²) in [5.41, 5.74) is 8.47. The Morgan fingerprint density at radius 1 is 0.452 bits per heavy atom. The fourth-order valence-electron chi connectivity index (χ4n) is 6.43. The molecule has 0 aliphatic carbocycles. The zero-order valence-electron chi connectivity index (χ0n) is 23.3. The van der Waals surface area contributed by atoms with Crippen molar-refractivity contribution < 1.29 is 9.47 Å². The van der Waals surface area contributed by atoms with Crippen molar-refractivity contribution in [1.29, 1.82) is 0 Å². The molecule has 0 radical (unpaired) electrons. The Labute approximate surface area is 245 Å². The van der Waals surface area contributed by atoms with Crippen molar-refractivity contribution in [3.63, 3.8) is 0 Å². The number of hydrogen-bond donors (Lipinski definition) is 0. The summed E-state index contributed by atoms with van der Waals surface area (Å²) < 4.78 is 11.9. The fraction of sp³-hybridized carbons (Fsp3) is 0.0500. The van der Waals surface area contributed by atoms with Crippen LogP contribution in [0.15, 0.2) is 146 Å². The Morgan fingerprint density at radius 3 is 1.36 bits per heavy atom. The van der Waals surface area contributed by atoms with Crippen LogP contribution in [-0.2, 0) is 0 Å². The Bertz CT molecular complexity index is 1990. The van der Waals surface area contributed by atoms with Gasteiger partial charge < -0.3 is 9.47 Å². The van der Waals surface area contributed by atoms with Gasteiger partial charge in [0.1, 0.15) is 17.2 Å². The van der Waals surface area contributed by atoms with Crippen LogP contribution in [0.3, 0.4) is 0 Å². The molecule has 0 unspecified atom stereocenters. The number of hydrogen-bond acceptors (Lipinski definition) is 2. The van der Waals surface area contributed by atoms with E-state index in [1.807, 2.05) is 12.1 Å². The lowest BCUT2D eigenvalue weighted by Gasteiger charge is -2.31. The SMILES string of the molecule is COc1ccc(-c2ccc(-c3ccc(C4c5c(ccc6ccccc56)Oc5ccc6ccccc6c54)cc3)cc2)cc1. The average molecular weight is 541 g/mol. The molecule has 0 N–H and O–H groups in total. The van der Waals surface area contributed by atoms with Gasteiger partial charge >= 0.3 is 0 Å². The summed E-state index contributed by atoms with van der Waals surface area (Å²) in [6, 6.07) is 51.9. The maximum Gasteiger partial charge on any atom is 0.132 e. The Morgan fingerprint density at radius 2 is 0.881 bits per heavy atom. The molecule has 42 heavy (non-hydrogen) atoms. The zero-order chi connectivity index (χ0) is 28.0. The highest BCUT2D eigenvalue weighted by atomic mass is 16.5. The van der Waals surface area contributed by atoms with E-state index in [1.54, 1.807) is 7.11 Å². The summed E-state index contributed by atoms with van der Waals surface area (Å²) in [6.07, 6.45) is 0. The molecule has 0 spiro atoms. The molecule has 0 saturated carbocycles. The Balaban J connectivity index is 1.23. The van der Waals surface area contributed by atoms with Crippen molar-refractivity contribution in [3.8, 4) is 39.5 Å². The van der Waals surface area contributed by atoms with Crippen molar-refractivity contribution in [2.45, 2.75) is 5.92 Å². The lowest BCUT2D eigenvalue weighted by atomic mass is 9.78. The van der Waals surface area contributed by atoms with Gasteiger partial charge in [-0.1, -0.05) is 121 Å². The topological polar surface area (TPSA) is 18.5 Å². The number of fused-ring (bicyclic) bond motifs is 6. The number of ether oxygens (including phenoxy) is 2.